The quantitative estimate of drug-likeness (QED) is 0.513. The van der Waals surface area contributed by atoms with Gasteiger partial charge in [0.1, 0.15) is 5.75 Å². The molecule has 164 valence electrons. The molecule has 0 aromatic heterocycles. The summed E-state index contributed by atoms with van der Waals surface area (Å²) in [6.45, 7) is 14.5. The Hall–Kier alpha value is -1.53. The van der Waals surface area contributed by atoms with Gasteiger partial charge in [-0.05, 0) is 53.2 Å². The predicted molar refractivity (Wildman–Crippen MR) is 124 cm³/mol. The van der Waals surface area contributed by atoms with Gasteiger partial charge >= 0.3 is 0 Å². The monoisotopic (exact) mass is 420 g/mol. The van der Waals surface area contributed by atoms with Crippen LogP contribution in [0.3, 0.4) is 0 Å². The smallest absolute Gasteiger partial charge is 0.256 e. The van der Waals surface area contributed by atoms with Crippen LogP contribution in [0.25, 0.3) is 0 Å². The molecule has 1 aromatic carbocycles. The van der Waals surface area contributed by atoms with Crippen molar-refractivity contribution in [1.29, 1.82) is 0 Å². The lowest BCUT2D eigenvalue weighted by Crippen LogP contribution is -2.56. The van der Waals surface area contributed by atoms with Crippen LogP contribution in [0.1, 0.15) is 71.2 Å². The molecule has 0 spiro atoms. The van der Waals surface area contributed by atoms with Gasteiger partial charge in [-0.1, -0.05) is 41.5 Å². The predicted octanol–water partition coefficient (Wildman–Crippen LogP) is 4.15. The largest absolute Gasteiger partial charge is 0.497 e. The van der Waals surface area contributed by atoms with Crippen molar-refractivity contribution in [3.8, 4) is 5.75 Å². The molecule has 1 atom stereocenters. The number of carbonyl (C=O) groups is 1. The standard InChI is InChI=1S/C23H40N2O3Si/c1-15(2)29(16(3)4,17(5)6)22-13-20(24)19(12-21(22)28-7)23(27)25-11-9-8-10-18(25)14-26/h12-13,15-18,26H,8-11,14,24H2,1-7H3. The molecule has 29 heavy (non-hydrogen) atoms. The minimum Gasteiger partial charge on any atom is -0.497 e. The topological polar surface area (TPSA) is 75.8 Å². The fraction of sp³-hybridized carbons (Fsp3) is 0.696. The number of hydrogen-bond acceptors (Lipinski definition) is 4. The SMILES string of the molecule is COc1cc(C(=O)N2CCCCC2CO)c(N)cc1[Si](C(C)C)(C(C)C)C(C)C. The van der Waals surface area contributed by atoms with Crippen molar-refractivity contribution in [3.63, 3.8) is 0 Å². The molecule has 1 aromatic rings. The van der Waals surface area contributed by atoms with Crippen LogP contribution in [0.2, 0.25) is 16.6 Å². The Morgan fingerprint density at radius 3 is 2.24 bits per heavy atom. The Morgan fingerprint density at radius 2 is 1.76 bits per heavy atom. The summed E-state index contributed by atoms with van der Waals surface area (Å²) >= 11 is 0. The first-order chi connectivity index (χ1) is 13.6. The van der Waals surface area contributed by atoms with Crippen LogP contribution in [0, 0.1) is 0 Å². The van der Waals surface area contributed by atoms with E-state index >= 15 is 0 Å². The number of rotatable bonds is 7. The van der Waals surface area contributed by atoms with Gasteiger partial charge in [0.15, 0.2) is 0 Å². The molecule has 2 rings (SSSR count). The second-order valence-corrected chi connectivity index (χ2v) is 15.2. The van der Waals surface area contributed by atoms with Crippen molar-refractivity contribution >= 4 is 24.9 Å². The van der Waals surface area contributed by atoms with E-state index in [4.69, 9.17) is 10.5 Å². The van der Waals surface area contributed by atoms with Crippen molar-refractivity contribution in [2.24, 2.45) is 0 Å². The first kappa shape index (κ1) is 23.7. The zero-order valence-corrected chi connectivity index (χ0v) is 20.3. The van der Waals surface area contributed by atoms with Crippen molar-refractivity contribution in [2.75, 3.05) is 26.0 Å². The minimum absolute atomic E-state index is 0.00899. The Morgan fingerprint density at radius 1 is 1.17 bits per heavy atom. The van der Waals surface area contributed by atoms with Gasteiger partial charge in [0.25, 0.3) is 5.91 Å². The number of anilines is 1. The summed E-state index contributed by atoms with van der Waals surface area (Å²) in [5.41, 5.74) is 9.04. The number of carbonyl (C=O) groups excluding carboxylic acids is 1. The molecule has 1 unspecified atom stereocenters. The zero-order valence-electron chi connectivity index (χ0n) is 19.3. The second-order valence-electron chi connectivity index (χ2n) is 9.37. The molecule has 1 aliphatic rings. The van der Waals surface area contributed by atoms with E-state index in [-0.39, 0.29) is 18.6 Å². The van der Waals surface area contributed by atoms with Crippen LogP contribution in [-0.2, 0) is 0 Å². The van der Waals surface area contributed by atoms with Crippen LogP contribution < -0.4 is 15.7 Å². The van der Waals surface area contributed by atoms with E-state index in [0.29, 0.717) is 34.4 Å². The molecule has 0 bridgehead atoms. The third-order valence-corrected chi connectivity index (χ3v) is 14.1. The van der Waals surface area contributed by atoms with Gasteiger partial charge in [0.2, 0.25) is 0 Å². The molecule has 0 saturated carbocycles. The van der Waals surface area contributed by atoms with Gasteiger partial charge < -0.3 is 20.5 Å². The molecule has 1 amide bonds. The number of aliphatic hydroxyl groups is 1. The third-order valence-electron chi connectivity index (χ3n) is 7.03. The molecule has 1 fully saturated rings. The molecule has 3 N–H and O–H groups in total. The van der Waals surface area contributed by atoms with Crippen LogP contribution in [0.5, 0.6) is 5.75 Å². The highest BCUT2D eigenvalue weighted by Gasteiger charge is 2.46. The van der Waals surface area contributed by atoms with Crippen LogP contribution in [0.15, 0.2) is 12.1 Å². The van der Waals surface area contributed by atoms with Crippen LogP contribution in [0.4, 0.5) is 5.69 Å². The fourth-order valence-electron chi connectivity index (χ4n) is 5.83. The summed E-state index contributed by atoms with van der Waals surface area (Å²) in [5.74, 6) is 0.680. The summed E-state index contributed by atoms with van der Waals surface area (Å²) in [5, 5.41) is 10.9. The van der Waals surface area contributed by atoms with Gasteiger partial charge in [-0.3, -0.25) is 4.79 Å². The first-order valence-electron chi connectivity index (χ1n) is 11.0. The van der Waals surface area contributed by atoms with Gasteiger partial charge in [-0.2, -0.15) is 0 Å². The highest BCUT2D eigenvalue weighted by Crippen LogP contribution is 2.43. The number of nitrogens with zero attached hydrogens (tertiary/aromatic N) is 1. The maximum atomic E-state index is 13.3. The van der Waals surface area contributed by atoms with Crippen LogP contribution in [-0.4, -0.2) is 50.3 Å². The Balaban J connectivity index is 2.60. The molecule has 0 radical (unpaired) electrons. The van der Waals surface area contributed by atoms with E-state index in [1.165, 1.54) is 5.19 Å². The average molecular weight is 421 g/mol. The molecule has 0 aliphatic carbocycles. The maximum Gasteiger partial charge on any atom is 0.256 e. The summed E-state index contributed by atoms with van der Waals surface area (Å²) in [4.78, 5) is 15.1. The van der Waals surface area contributed by atoms with E-state index in [1.807, 2.05) is 12.1 Å². The summed E-state index contributed by atoms with van der Waals surface area (Å²) in [6.07, 6.45) is 2.83. The molecule has 5 nitrogen and oxygen atoms in total. The first-order valence-corrected chi connectivity index (χ1v) is 13.3. The number of methoxy groups -OCH3 is 1. The zero-order chi connectivity index (χ0) is 21.9. The number of ether oxygens (including phenoxy) is 1. The lowest BCUT2D eigenvalue weighted by molar-refractivity contribution is 0.0504. The van der Waals surface area contributed by atoms with E-state index in [9.17, 15) is 9.90 Å². The van der Waals surface area contributed by atoms with E-state index < -0.39 is 8.07 Å². The van der Waals surface area contributed by atoms with Gasteiger partial charge in [0, 0.05) is 12.2 Å². The number of benzene rings is 1. The van der Waals surface area contributed by atoms with Gasteiger partial charge in [-0.15, -0.1) is 0 Å². The molecule has 1 saturated heterocycles. The number of hydrogen-bond donors (Lipinski definition) is 2. The van der Waals surface area contributed by atoms with Crippen LogP contribution >= 0.6 is 0 Å². The molecule has 6 heteroatoms. The lowest BCUT2D eigenvalue weighted by atomic mass is 10.0. The van der Waals surface area contributed by atoms with Gasteiger partial charge in [0.05, 0.1) is 33.4 Å². The average Bonchev–Trinajstić information content (AvgIpc) is 2.67. The summed E-state index contributed by atoms with van der Waals surface area (Å²) < 4.78 is 5.85. The summed E-state index contributed by atoms with van der Waals surface area (Å²) in [6, 6.07) is 3.75. The molecular weight excluding hydrogens is 380 g/mol. The number of amides is 1. The van der Waals surface area contributed by atoms with Gasteiger partial charge in [-0.25, -0.2) is 0 Å². The van der Waals surface area contributed by atoms with Crippen molar-refractivity contribution in [3.05, 3.63) is 17.7 Å². The Labute approximate surface area is 177 Å². The van der Waals surface area contributed by atoms with Crippen molar-refractivity contribution in [1.82, 2.24) is 4.90 Å². The highest BCUT2D eigenvalue weighted by atomic mass is 28.3. The van der Waals surface area contributed by atoms with Crippen molar-refractivity contribution < 1.29 is 14.6 Å². The fourth-order valence-corrected chi connectivity index (χ4v) is 12.7. The number of likely N-dealkylation sites (tertiary alicyclic amines) is 1. The number of piperidine rings is 1. The highest BCUT2D eigenvalue weighted by molar-refractivity contribution is 6.95. The summed E-state index contributed by atoms with van der Waals surface area (Å²) in [7, 11) is -0.307. The Kier molecular flexibility index (Phi) is 7.79. The number of aliphatic hydroxyl groups excluding tert-OH is 1. The molecule has 1 heterocycles. The van der Waals surface area contributed by atoms with E-state index in [0.717, 1.165) is 25.0 Å². The maximum absolute atomic E-state index is 13.3. The molecule has 1 aliphatic heterocycles. The van der Waals surface area contributed by atoms with E-state index in [2.05, 4.69) is 41.5 Å². The van der Waals surface area contributed by atoms with Crippen molar-refractivity contribution in [2.45, 2.75) is 83.5 Å². The normalized spacial score (nSPS) is 18.0. The number of nitrogen functional groups attached to an aromatic ring is 1. The second kappa shape index (κ2) is 9.52. The molecular formula is C23H40N2O3Si. The lowest BCUT2D eigenvalue weighted by Gasteiger charge is -2.44. The van der Waals surface area contributed by atoms with E-state index in [1.54, 1.807) is 12.0 Å². The Bertz CT molecular complexity index is 697. The third kappa shape index (κ3) is 4.19. The number of nitrogens with two attached hydrogens (primary N) is 1. The minimum atomic E-state index is -1.99.